The van der Waals surface area contributed by atoms with Gasteiger partial charge in [0.05, 0.1) is 6.10 Å². The Kier molecular flexibility index (Phi) is 4.77. The predicted octanol–water partition coefficient (Wildman–Crippen LogP) is 3.64. The molecule has 0 spiro atoms. The molecule has 1 unspecified atom stereocenters. The number of aryl methyl sites for hydroxylation is 2. The lowest BCUT2D eigenvalue weighted by atomic mass is 10.0. The average molecular weight is 323 g/mol. The lowest BCUT2D eigenvalue weighted by Gasteiger charge is -2.15. The molecule has 0 aliphatic heterocycles. The minimum absolute atomic E-state index is 0.535. The summed E-state index contributed by atoms with van der Waals surface area (Å²) < 4.78 is 3.09. The third kappa shape index (κ3) is 3.25. The third-order valence-corrected chi connectivity index (χ3v) is 4.31. The van der Waals surface area contributed by atoms with Gasteiger partial charge in [-0.2, -0.15) is 0 Å². The number of aliphatic hydroxyl groups is 1. The van der Waals surface area contributed by atoms with Crippen molar-refractivity contribution in [1.82, 2.24) is 9.55 Å². The van der Waals surface area contributed by atoms with Crippen LogP contribution in [0.2, 0.25) is 0 Å². The first-order valence-electron chi connectivity index (χ1n) is 6.56. The number of imidazole rings is 1. The Labute approximate surface area is 122 Å². The van der Waals surface area contributed by atoms with Gasteiger partial charge in [0, 0.05) is 29.8 Å². The molecule has 0 saturated heterocycles. The van der Waals surface area contributed by atoms with Crippen LogP contribution in [0.4, 0.5) is 0 Å². The molecule has 0 radical (unpaired) electrons. The molecule has 0 fully saturated rings. The van der Waals surface area contributed by atoms with E-state index in [1.807, 2.05) is 31.3 Å². The number of hydrogen-bond acceptors (Lipinski definition) is 2. The summed E-state index contributed by atoms with van der Waals surface area (Å²) in [7, 11) is 0. The van der Waals surface area contributed by atoms with Crippen LogP contribution in [-0.2, 0) is 13.0 Å². The average Bonchev–Trinajstić information content (AvgIpc) is 2.80. The largest absolute Gasteiger partial charge is 0.388 e. The summed E-state index contributed by atoms with van der Waals surface area (Å²) in [6, 6.07) is 5.95. The van der Waals surface area contributed by atoms with Crippen LogP contribution in [0.15, 0.2) is 35.1 Å². The lowest BCUT2D eigenvalue weighted by molar-refractivity contribution is 0.173. The summed E-state index contributed by atoms with van der Waals surface area (Å²) in [5.74, 6) is 0.933. The predicted molar refractivity (Wildman–Crippen MR) is 80.1 cm³/mol. The van der Waals surface area contributed by atoms with Crippen molar-refractivity contribution >= 4 is 15.9 Å². The van der Waals surface area contributed by atoms with Crippen molar-refractivity contribution in [2.24, 2.45) is 0 Å². The molecule has 1 aromatic carbocycles. The van der Waals surface area contributed by atoms with E-state index in [2.05, 4.69) is 32.4 Å². The SMILES string of the molecule is CCCn1ccnc1CC(O)c1cccc(C)c1Br. The van der Waals surface area contributed by atoms with Gasteiger partial charge in [-0.1, -0.05) is 41.1 Å². The highest BCUT2D eigenvalue weighted by Crippen LogP contribution is 2.28. The number of aliphatic hydroxyl groups excluding tert-OH is 1. The van der Waals surface area contributed by atoms with Gasteiger partial charge in [-0.3, -0.25) is 0 Å². The maximum Gasteiger partial charge on any atom is 0.111 e. The number of benzene rings is 1. The summed E-state index contributed by atoms with van der Waals surface area (Å²) in [6.07, 6.45) is 4.83. The molecule has 1 N–H and O–H groups in total. The first-order chi connectivity index (χ1) is 9.13. The van der Waals surface area contributed by atoms with E-state index in [1.54, 1.807) is 6.20 Å². The summed E-state index contributed by atoms with van der Waals surface area (Å²) >= 11 is 3.55. The molecule has 0 aliphatic carbocycles. The van der Waals surface area contributed by atoms with Gasteiger partial charge in [-0.05, 0) is 24.5 Å². The molecule has 19 heavy (non-hydrogen) atoms. The van der Waals surface area contributed by atoms with Gasteiger partial charge in [-0.25, -0.2) is 4.98 Å². The molecule has 4 heteroatoms. The number of aromatic nitrogens is 2. The van der Waals surface area contributed by atoms with E-state index in [-0.39, 0.29) is 0 Å². The molecule has 3 nitrogen and oxygen atoms in total. The smallest absolute Gasteiger partial charge is 0.111 e. The fraction of sp³-hybridized carbons (Fsp3) is 0.400. The Morgan fingerprint density at radius 2 is 2.21 bits per heavy atom. The van der Waals surface area contributed by atoms with E-state index in [4.69, 9.17) is 0 Å². The molecule has 0 saturated carbocycles. The standard InChI is InChI=1S/C15H19BrN2O/c1-3-8-18-9-7-17-14(18)10-13(19)12-6-4-5-11(2)15(12)16/h4-7,9,13,19H,3,8,10H2,1-2H3. The van der Waals surface area contributed by atoms with Crippen molar-refractivity contribution in [3.05, 3.63) is 52.0 Å². The van der Waals surface area contributed by atoms with Gasteiger partial charge in [-0.15, -0.1) is 0 Å². The molecule has 2 aromatic rings. The summed E-state index contributed by atoms with van der Waals surface area (Å²) in [5.41, 5.74) is 2.06. The molecule has 102 valence electrons. The van der Waals surface area contributed by atoms with Crippen LogP contribution in [0.1, 0.15) is 36.4 Å². The highest BCUT2D eigenvalue weighted by atomic mass is 79.9. The molecule has 0 aliphatic rings. The number of rotatable bonds is 5. The molecular formula is C15H19BrN2O. The fourth-order valence-electron chi connectivity index (χ4n) is 2.18. The number of halogens is 1. The zero-order valence-electron chi connectivity index (χ0n) is 11.3. The normalized spacial score (nSPS) is 12.6. The van der Waals surface area contributed by atoms with Crippen molar-refractivity contribution in [1.29, 1.82) is 0 Å². The van der Waals surface area contributed by atoms with Crippen molar-refractivity contribution in [3.8, 4) is 0 Å². The second-order valence-corrected chi connectivity index (χ2v) is 5.53. The van der Waals surface area contributed by atoms with Gasteiger partial charge in [0.2, 0.25) is 0 Å². The minimum Gasteiger partial charge on any atom is -0.388 e. The Morgan fingerprint density at radius 3 is 2.95 bits per heavy atom. The zero-order valence-corrected chi connectivity index (χ0v) is 12.9. The van der Waals surface area contributed by atoms with Crippen LogP contribution in [0.3, 0.4) is 0 Å². The van der Waals surface area contributed by atoms with Gasteiger partial charge < -0.3 is 9.67 Å². The topological polar surface area (TPSA) is 38.0 Å². The van der Waals surface area contributed by atoms with Crippen LogP contribution in [0.25, 0.3) is 0 Å². The van der Waals surface area contributed by atoms with Crippen molar-refractivity contribution in [2.45, 2.75) is 39.3 Å². The van der Waals surface area contributed by atoms with Crippen LogP contribution in [0, 0.1) is 6.92 Å². The van der Waals surface area contributed by atoms with E-state index in [0.717, 1.165) is 34.4 Å². The van der Waals surface area contributed by atoms with Gasteiger partial charge in [0.1, 0.15) is 5.82 Å². The molecule has 0 bridgehead atoms. The third-order valence-electron chi connectivity index (χ3n) is 3.22. The monoisotopic (exact) mass is 322 g/mol. The summed E-state index contributed by atoms with van der Waals surface area (Å²) in [5, 5.41) is 10.4. The second kappa shape index (κ2) is 6.35. The van der Waals surface area contributed by atoms with E-state index < -0.39 is 6.10 Å². The summed E-state index contributed by atoms with van der Waals surface area (Å²) in [6.45, 7) is 5.10. The first-order valence-corrected chi connectivity index (χ1v) is 7.35. The maximum absolute atomic E-state index is 10.4. The lowest BCUT2D eigenvalue weighted by Crippen LogP contribution is -2.09. The first kappa shape index (κ1) is 14.3. The van der Waals surface area contributed by atoms with Crippen LogP contribution in [-0.4, -0.2) is 14.7 Å². The number of hydrogen-bond donors (Lipinski definition) is 1. The van der Waals surface area contributed by atoms with E-state index in [9.17, 15) is 5.11 Å². The Balaban J connectivity index is 2.18. The van der Waals surface area contributed by atoms with Crippen LogP contribution >= 0.6 is 15.9 Å². The van der Waals surface area contributed by atoms with Crippen LogP contribution < -0.4 is 0 Å². The highest BCUT2D eigenvalue weighted by molar-refractivity contribution is 9.10. The van der Waals surface area contributed by atoms with Gasteiger partial charge in [0.15, 0.2) is 0 Å². The zero-order chi connectivity index (χ0) is 13.8. The van der Waals surface area contributed by atoms with Gasteiger partial charge >= 0.3 is 0 Å². The number of nitrogens with zero attached hydrogens (tertiary/aromatic N) is 2. The molecule has 1 heterocycles. The minimum atomic E-state index is -0.535. The summed E-state index contributed by atoms with van der Waals surface area (Å²) in [4.78, 5) is 4.34. The fourth-order valence-corrected chi connectivity index (χ4v) is 2.71. The Morgan fingerprint density at radius 1 is 1.42 bits per heavy atom. The van der Waals surface area contributed by atoms with Gasteiger partial charge in [0.25, 0.3) is 0 Å². The molecular weight excluding hydrogens is 304 g/mol. The van der Waals surface area contributed by atoms with E-state index >= 15 is 0 Å². The van der Waals surface area contributed by atoms with E-state index in [0.29, 0.717) is 6.42 Å². The van der Waals surface area contributed by atoms with Crippen molar-refractivity contribution in [3.63, 3.8) is 0 Å². The Bertz CT molecular complexity index is 551. The second-order valence-electron chi connectivity index (χ2n) is 4.73. The molecule has 1 atom stereocenters. The highest BCUT2D eigenvalue weighted by Gasteiger charge is 2.15. The van der Waals surface area contributed by atoms with E-state index in [1.165, 1.54) is 0 Å². The maximum atomic E-state index is 10.4. The quantitative estimate of drug-likeness (QED) is 0.912. The van der Waals surface area contributed by atoms with Crippen molar-refractivity contribution < 1.29 is 5.11 Å². The molecule has 0 amide bonds. The Hall–Kier alpha value is -1.13. The molecule has 2 rings (SSSR count). The van der Waals surface area contributed by atoms with Crippen LogP contribution in [0.5, 0.6) is 0 Å². The molecule has 1 aromatic heterocycles. The van der Waals surface area contributed by atoms with Crippen molar-refractivity contribution in [2.75, 3.05) is 0 Å².